The van der Waals surface area contributed by atoms with Crippen molar-refractivity contribution in [1.29, 1.82) is 0 Å². The fourth-order valence-electron chi connectivity index (χ4n) is 3.96. The van der Waals surface area contributed by atoms with E-state index in [-0.39, 0.29) is 11.4 Å². The number of hydrogen-bond acceptors (Lipinski definition) is 4. The molecule has 1 aliphatic carbocycles. The van der Waals surface area contributed by atoms with Gasteiger partial charge in [-0.1, -0.05) is 18.9 Å². The number of thiophene rings is 1. The Bertz CT molecular complexity index is 703. The number of aromatic nitrogens is 3. The van der Waals surface area contributed by atoms with Crippen LogP contribution in [-0.4, -0.2) is 27.3 Å². The normalized spacial score (nSPS) is 18.5. The van der Waals surface area contributed by atoms with Crippen molar-refractivity contribution in [3.05, 3.63) is 34.0 Å². The molecule has 6 nitrogen and oxygen atoms in total. The lowest BCUT2D eigenvalue weighted by molar-refractivity contribution is 0.236. The molecule has 0 bridgehead atoms. The number of rotatable bonds is 5. The summed E-state index contributed by atoms with van der Waals surface area (Å²) >= 11 is 1.80. The highest BCUT2D eigenvalue weighted by Gasteiger charge is 2.36. The smallest absolute Gasteiger partial charge is 0.315 e. The quantitative estimate of drug-likeness (QED) is 0.875. The van der Waals surface area contributed by atoms with Crippen molar-refractivity contribution in [2.75, 3.05) is 6.54 Å². The average molecular weight is 345 g/mol. The Balaban J connectivity index is 1.33. The van der Waals surface area contributed by atoms with E-state index in [9.17, 15) is 4.79 Å². The van der Waals surface area contributed by atoms with Gasteiger partial charge >= 0.3 is 6.03 Å². The number of carbonyl (C=O) groups excluding carboxylic acids is 1. The highest BCUT2D eigenvalue weighted by molar-refractivity contribution is 7.10. The van der Waals surface area contributed by atoms with Crippen LogP contribution in [0.5, 0.6) is 0 Å². The monoisotopic (exact) mass is 345 g/mol. The lowest BCUT2D eigenvalue weighted by Crippen LogP contribution is -2.43. The van der Waals surface area contributed by atoms with Gasteiger partial charge in [-0.25, -0.2) is 4.79 Å². The molecule has 24 heavy (non-hydrogen) atoms. The van der Waals surface area contributed by atoms with Gasteiger partial charge in [0.1, 0.15) is 5.82 Å². The van der Waals surface area contributed by atoms with Crippen molar-refractivity contribution in [1.82, 2.24) is 25.4 Å². The minimum Gasteiger partial charge on any atom is -0.337 e. The van der Waals surface area contributed by atoms with Crippen LogP contribution in [0.4, 0.5) is 4.79 Å². The first-order chi connectivity index (χ1) is 11.8. The number of nitrogens with one attached hydrogen (secondary N) is 2. The van der Waals surface area contributed by atoms with Gasteiger partial charge in [0.15, 0.2) is 5.82 Å². The Hall–Kier alpha value is -1.89. The second kappa shape index (κ2) is 6.55. The third-order valence-corrected chi connectivity index (χ3v) is 6.40. The summed E-state index contributed by atoms with van der Waals surface area (Å²) in [7, 11) is 0. The first-order valence-electron chi connectivity index (χ1n) is 8.73. The molecule has 128 valence electrons. The number of hydrogen-bond donors (Lipinski definition) is 2. The van der Waals surface area contributed by atoms with Gasteiger partial charge in [-0.15, -0.1) is 21.5 Å². The summed E-state index contributed by atoms with van der Waals surface area (Å²) in [5.41, 5.74) is 0.127. The Kier molecular flexibility index (Phi) is 4.26. The summed E-state index contributed by atoms with van der Waals surface area (Å²) in [5.74, 6) is 1.89. The molecule has 2 aromatic rings. The Labute approximate surface area is 145 Å². The largest absolute Gasteiger partial charge is 0.337 e. The molecule has 0 spiro atoms. The van der Waals surface area contributed by atoms with Gasteiger partial charge in [0.2, 0.25) is 0 Å². The molecule has 0 saturated heterocycles. The van der Waals surface area contributed by atoms with Crippen LogP contribution in [-0.2, 0) is 24.9 Å². The number of carbonyl (C=O) groups is 1. The second-order valence-electron chi connectivity index (χ2n) is 6.79. The van der Waals surface area contributed by atoms with Gasteiger partial charge in [-0.05, 0) is 30.7 Å². The highest BCUT2D eigenvalue weighted by Crippen LogP contribution is 2.42. The molecule has 2 amide bonds. The molecule has 2 aromatic heterocycles. The number of urea groups is 1. The number of nitrogens with zero attached hydrogens (tertiary/aromatic N) is 3. The third-order valence-electron chi connectivity index (χ3n) is 5.29. The van der Waals surface area contributed by atoms with Crippen LogP contribution in [0, 0.1) is 0 Å². The lowest BCUT2D eigenvalue weighted by Gasteiger charge is -2.28. The van der Waals surface area contributed by atoms with Crippen LogP contribution in [0.3, 0.4) is 0 Å². The maximum Gasteiger partial charge on any atom is 0.315 e. The summed E-state index contributed by atoms with van der Waals surface area (Å²) in [6, 6.07) is 4.19. The molecular weight excluding hydrogens is 322 g/mol. The minimum absolute atomic E-state index is 0.117. The van der Waals surface area contributed by atoms with E-state index in [1.807, 2.05) is 0 Å². The molecule has 0 aromatic carbocycles. The molecule has 1 saturated carbocycles. The van der Waals surface area contributed by atoms with E-state index in [2.05, 4.69) is 42.9 Å². The predicted molar refractivity (Wildman–Crippen MR) is 93.0 cm³/mol. The van der Waals surface area contributed by atoms with Crippen molar-refractivity contribution >= 4 is 17.4 Å². The molecule has 0 radical (unpaired) electrons. The van der Waals surface area contributed by atoms with E-state index in [0.717, 1.165) is 43.9 Å². The maximum atomic E-state index is 12.2. The van der Waals surface area contributed by atoms with Gasteiger partial charge < -0.3 is 15.2 Å². The molecule has 0 unspecified atom stereocenters. The van der Waals surface area contributed by atoms with Crippen molar-refractivity contribution in [3.63, 3.8) is 0 Å². The van der Waals surface area contributed by atoms with Crippen molar-refractivity contribution in [3.8, 4) is 0 Å². The van der Waals surface area contributed by atoms with Crippen LogP contribution >= 0.6 is 11.3 Å². The van der Waals surface area contributed by atoms with Gasteiger partial charge in [0.25, 0.3) is 0 Å². The van der Waals surface area contributed by atoms with Crippen LogP contribution in [0.15, 0.2) is 17.5 Å². The van der Waals surface area contributed by atoms with Crippen LogP contribution in [0.2, 0.25) is 0 Å². The summed E-state index contributed by atoms with van der Waals surface area (Å²) in [4.78, 5) is 13.6. The molecule has 2 aliphatic rings. The van der Waals surface area contributed by atoms with Crippen LogP contribution in [0.25, 0.3) is 0 Å². The Morgan fingerprint density at radius 1 is 1.25 bits per heavy atom. The first kappa shape index (κ1) is 15.6. The summed E-state index contributed by atoms with van der Waals surface area (Å²) in [5, 5.41) is 16.5. The number of fused-ring (bicyclic) bond motifs is 1. The molecule has 3 heterocycles. The Morgan fingerprint density at radius 3 is 2.92 bits per heavy atom. The van der Waals surface area contributed by atoms with Gasteiger partial charge in [-0.3, -0.25) is 0 Å². The van der Waals surface area contributed by atoms with E-state index in [1.54, 1.807) is 11.3 Å². The summed E-state index contributed by atoms with van der Waals surface area (Å²) in [6.45, 7) is 2.10. The van der Waals surface area contributed by atoms with Crippen molar-refractivity contribution in [2.45, 2.75) is 57.0 Å². The van der Waals surface area contributed by atoms with Crippen LogP contribution < -0.4 is 10.6 Å². The SMILES string of the molecule is O=C(NCc1nnc2n1CCC2)NCC1(c2cccs2)CCCC1. The zero-order valence-electron chi connectivity index (χ0n) is 13.8. The van der Waals surface area contributed by atoms with Gasteiger partial charge in [-0.2, -0.15) is 0 Å². The standard InChI is InChI=1S/C17H23N5OS/c23-16(18-11-15-21-20-14-6-3-9-22(14)15)19-12-17(7-1-2-8-17)13-5-4-10-24-13/h4-5,10H,1-3,6-9,11-12H2,(H2,18,19,23). The van der Waals surface area contributed by atoms with E-state index < -0.39 is 0 Å². The van der Waals surface area contributed by atoms with Crippen molar-refractivity contribution < 1.29 is 4.79 Å². The van der Waals surface area contributed by atoms with Gasteiger partial charge in [0.05, 0.1) is 6.54 Å². The predicted octanol–water partition coefficient (Wildman–Crippen LogP) is 2.60. The van der Waals surface area contributed by atoms with E-state index in [0.29, 0.717) is 13.1 Å². The second-order valence-corrected chi connectivity index (χ2v) is 7.74. The van der Waals surface area contributed by atoms with E-state index in [4.69, 9.17) is 0 Å². The highest BCUT2D eigenvalue weighted by atomic mass is 32.1. The van der Waals surface area contributed by atoms with E-state index in [1.165, 1.54) is 17.7 Å². The fourth-order valence-corrected chi connectivity index (χ4v) is 4.94. The minimum atomic E-state index is -0.117. The zero-order valence-corrected chi connectivity index (χ0v) is 14.6. The zero-order chi connectivity index (χ0) is 16.4. The number of amides is 2. The van der Waals surface area contributed by atoms with E-state index >= 15 is 0 Å². The molecule has 4 rings (SSSR count). The summed E-state index contributed by atoms with van der Waals surface area (Å²) in [6.07, 6.45) is 6.91. The maximum absolute atomic E-state index is 12.2. The molecule has 7 heteroatoms. The number of aryl methyl sites for hydroxylation is 1. The topological polar surface area (TPSA) is 71.8 Å². The van der Waals surface area contributed by atoms with Crippen LogP contribution in [0.1, 0.15) is 48.6 Å². The average Bonchev–Trinajstić information content (AvgIpc) is 3.37. The molecule has 2 N–H and O–H groups in total. The third kappa shape index (κ3) is 2.92. The summed E-state index contributed by atoms with van der Waals surface area (Å²) < 4.78 is 2.12. The molecule has 0 atom stereocenters. The molecule has 1 fully saturated rings. The fraction of sp³-hybridized carbons (Fsp3) is 0.588. The van der Waals surface area contributed by atoms with Crippen molar-refractivity contribution in [2.24, 2.45) is 0 Å². The lowest BCUT2D eigenvalue weighted by atomic mass is 9.84. The van der Waals surface area contributed by atoms with Gasteiger partial charge in [0, 0.05) is 29.8 Å². The Morgan fingerprint density at radius 2 is 2.12 bits per heavy atom. The molecular formula is C17H23N5OS. The first-order valence-corrected chi connectivity index (χ1v) is 9.61. The molecule has 1 aliphatic heterocycles.